The van der Waals surface area contributed by atoms with Crippen LogP contribution in [0.2, 0.25) is 0 Å². The van der Waals surface area contributed by atoms with Gasteiger partial charge in [-0.25, -0.2) is 8.42 Å². The third kappa shape index (κ3) is 4.61. The fraction of sp³-hybridized carbons (Fsp3) is 0.182. The largest absolute Gasteiger partial charge is 0.497 e. The summed E-state index contributed by atoms with van der Waals surface area (Å²) in [7, 11) is -1.10. The van der Waals surface area contributed by atoms with Crippen LogP contribution in [0.25, 0.3) is 0 Å². The zero-order valence-electron chi connectivity index (χ0n) is 17.3. The molecule has 0 heterocycles. The maximum absolute atomic E-state index is 13.7. The highest BCUT2D eigenvalue weighted by Gasteiger charge is 2.31. The number of rotatable bonds is 8. The first-order valence-corrected chi connectivity index (χ1v) is 10.8. The van der Waals surface area contributed by atoms with Gasteiger partial charge >= 0.3 is 0 Å². The maximum atomic E-state index is 13.7. The first-order chi connectivity index (χ1) is 14.8. The molecule has 0 amide bonds. The van der Waals surface area contributed by atoms with Crippen molar-refractivity contribution < 1.29 is 22.8 Å². The number of hydrogen-bond acceptors (Lipinski definition) is 6. The molecule has 0 saturated heterocycles. The van der Waals surface area contributed by atoms with E-state index in [1.165, 1.54) is 36.7 Å². The summed E-state index contributed by atoms with van der Waals surface area (Å²) < 4.78 is 39.0. The van der Waals surface area contributed by atoms with Gasteiger partial charge in [0.25, 0.3) is 15.7 Å². The van der Waals surface area contributed by atoms with Gasteiger partial charge in [-0.15, -0.1) is 0 Å². The first kappa shape index (κ1) is 22.1. The number of anilines is 1. The van der Waals surface area contributed by atoms with E-state index in [1.54, 1.807) is 55.5 Å². The molecule has 3 rings (SSSR count). The second-order valence-corrected chi connectivity index (χ2v) is 8.52. The van der Waals surface area contributed by atoms with E-state index in [-0.39, 0.29) is 10.6 Å². The molecule has 0 aliphatic carbocycles. The molecule has 0 bridgehead atoms. The third-order valence-corrected chi connectivity index (χ3v) is 6.73. The highest BCUT2D eigenvalue weighted by atomic mass is 32.2. The molecule has 1 atom stereocenters. The van der Waals surface area contributed by atoms with Crippen LogP contribution in [0.4, 0.5) is 11.4 Å². The van der Waals surface area contributed by atoms with E-state index in [9.17, 15) is 18.5 Å². The average Bonchev–Trinajstić information content (AvgIpc) is 2.79. The molecule has 0 aromatic heterocycles. The standard InChI is InChI=1S/C22H22N2O6S/c1-16(17-6-4-8-21(14-17)30-3)23(18-10-12-20(29-2)13-11-18)31(27,28)22-9-5-7-19(15-22)24(25)26/h4-16H,1-3H3/t16-/m0/s1. The van der Waals surface area contributed by atoms with Gasteiger partial charge in [-0.05, 0) is 55.0 Å². The van der Waals surface area contributed by atoms with Crippen LogP contribution >= 0.6 is 0 Å². The summed E-state index contributed by atoms with van der Waals surface area (Å²) in [4.78, 5) is 10.4. The summed E-state index contributed by atoms with van der Waals surface area (Å²) in [5.41, 5.74) is 0.789. The van der Waals surface area contributed by atoms with Gasteiger partial charge in [0.1, 0.15) is 11.5 Å². The van der Waals surface area contributed by atoms with Crippen LogP contribution in [0.5, 0.6) is 11.5 Å². The Bertz CT molecular complexity index is 1180. The van der Waals surface area contributed by atoms with E-state index < -0.39 is 21.0 Å². The summed E-state index contributed by atoms with van der Waals surface area (Å²) >= 11 is 0. The predicted octanol–water partition coefficient (Wildman–Crippen LogP) is 4.57. The second-order valence-electron chi connectivity index (χ2n) is 6.71. The Morgan fingerprint density at radius 3 is 2.16 bits per heavy atom. The number of nitro groups is 1. The molecular formula is C22H22N2O6S. The fourth-order valence-corrected chi connectivity index (χ4v) is 4.89. The zero-order valence-corrected chi connectivity index (χ0v) is 18.1. The second kappa shape index (κ2) is 9.05. The van der Waals surface area contributed by atoms with Gasteiger partial charge in [-0.1, -0.05) is 18.2 Å². The molecule has 0 radical (unpaired) electrons. The molecule has 0 aliphatic rings. The number of nitro benzene ring substituents is 1. The minimum atomic E-state index is -4.15. The van der Waals surface area contributed by atoms with Gasteiger partial charge < -0.3 is 9.47 Å². The van der Waals surface area contributed by atoms with E-state index in [0.29, 0.717) is 22.7 Å². The van der Waals surface area contributed by atoms with E-state index >= 15 is 0 Å². The number of ether oxygens (including phenoxy) is 2. The number of non-ortho nitro benzene ring substituents is 1. The number of benzene rings is 3. The molecule has 31 heavy (non-hydrogen) atoms. The van der Waals surface area contributed by atoms with Crippen molar-refractivity contribution in [1.29, 1.82) is 0 Å². The SMILES string of the molecule is COc1ccc(N([C@@H](C)c2cccc(OC)c2)S(=O)(=O)c2cccc([N+](=O)[O-])c2)cc1. The van der Waals surface area contributed by atoms with Crippen molar-refractivity contribution in [2.75, 3.05) is 18.5 Å². The molecule has 9 heteroatoms. The summed E-state index contributed by atoms with van der Waals surface area (Å²) in [6.07, 6.45) is 0. The lowest BCUT2D eigenvalue weighted by Crippen LogP contribution is -2.33. The Kier molecular flexibility index (Phi) is 6.45. The van der Waals surface area contributed by atoms with Crippen molar-refractivity contribution in [3.05, 3.63) is 88.5 Å². The van der Waals surface area contributed by atoms with Gasteiger partial charge in [-0.2, -0.15) is 0 Å². The summed E-state index contributed by atoms with van der Waals surface area (Å²) in [6.45, 7) is 1.74. The third-order valence-electron chi connectivity index (χ3n) is 4.84. The van der Waals surface area contributed by atoms with Crippen molar-refractivity contribution in [2.24, 2.45) is 0 Å². The quantitative estimate of drug-likeness (QED) is 0.374. The van der Waals surface area contributed by atoms with Crippen LogP contribution in [0.1, 0.15) is 18.5 Å². The van der Waals surface area contributed by atoms with Crippen molar-refractivity contribution in [3.63, 3.8) is 0 Å². The number of sulfonamides is 1. The molecule has 3 aromatic rings. The highest BCUT2D eigenvalue weighted by molar-refractivity contribution is 7.92. The molecule has 162 valence electrons. The number of methoxy groups -OCH3 is 2. The van der Waals surface area contributed by atoms with E-state index in [4.69, 9.17) is 9.47 Å². The van der Waals surface area contributed by atoms with Crippen LogP contribution < -0.4 is 13.8 Å². The minimum absolute atomic E-state index is 0.174. The monoisotopic (exact) mass is 442 g/mol. The molecule has 0 aliphatic heterocycles. The lowest BCUT2D eigenvalue weighted by molar-refractivity contribution is -0.385. The molecular weight excluding hydrogens is 420 g/mol. The normalized spacial score (nSPS) is 12.1. The van der Waals surface area contributed by atoms with Gasteiger partial charge in [0.15, 0.2) is 0 Å². The Balaban J connectivity index is 2.16. The van der Waals surface area contributed by atoms with Crippen LogP contribution in [0.15, 0.2) is 77.7 Å². The minimum Gasteiger partial charge on any atom is -0.497 e. The van der Waals surface area contributed by atoms with Gasteiger partial charge in [-0.3, -0.25) is 14.4 Å². The van der Waals surface area contributed by atoms with E-state index in [1.807, 2.05) is 0 Å². The Hall–Kier alpha value is -3.59. The number of nitrogens with zero attached hydrogens (tertiary/aromatic N) is 2. The average molecular weight is 442 g/mol. The molecule has 0 unspecified atom stereocenters. The van der Waals surface area contributed by atoms with Crippen molar-refractivity contribution in [2.45, 2.75) is 17.9 Å². The van der Waals surface area contributed by atoms with Crippen LogP contribution in [0, 0.1) is 10.1 Å². The summed E-state index contributed by atoms with van der Waals surface area (Å²) in [5, 5.41) is 11.2. The van der Waals surface area contributed by atoms with Crippen LogP contribution in [-0.2, 0) is 10.0 Å². The van der Waals surface area contributed by atoms with E-state index in [0.717, 1.165) is 6.07 Å². The number of hydrogen-bond donors (Lipinski definition) is 0. The van der Waals surface area contributed by atoms with Crippen molar-refractivity contribution >= 4 is 21.4 Å². The maximum Gasteiger partial charge on any atom is 0.270 e. The molecule has 0 N–H and O–H groups in total. The molecule has 8 nitrogen and oxygen atoms in total. The summed E-state index contributed by atoms with van der Waals surface area (Å²) in [6, 6.07) is 18.0. The lowest BCUT2D eigenvalue weighted by atomic mass is 10.1. The van der Waals surface area contributed by atoms with Crippen molar-refractivity contribution in [1.82, 2.24) is 0 Å². The molecule has 0 fully saturated rings. The van der Waals surface area contributed by atoms with Crippen LogP contribution in [-0.4, -0.2) is 27.6 Å². The molecule has 0 spiro atoms. The Morgan fingerprint density at radius 1 is 0.903 bits per heavy atom. The van der Waals surface area contributed by atoms with E-state index in [2.05, 4.69) is 0 Å². The molecule has 3 aromatic carbocycles. The van der Waals surface area contributed by atoms with Gasteiger partial charge in [0.05, 0.1) is 35.8 Å². The molecule has 0 saturated carbocycles. The smallest absolute Gasteiger partial charge is 0.270 e. The topological polar surface area (TPSA) is 99.0 Å². The lowest BCUT2D eigenvalue weighted by Gasteiger charge is -2.31. The van der Waals surface area contributed by atoms with Crippen molar-refractivity contribution in [3.8, 4) is 11.5 Å². The van der Waals surface area contributed by atoms with Gasteiger partial charge in [0.2, 0.25) is 0 Å². The predicted molar refractivity (Wildman–Crippen MR) is 117 cm³/mol. The highest BCUT2D eigenvalue weighted by Crippen LogP contribution is 2.35. The fourth-order valence-electron chi connectivity index (χ4n) is 3.21. The first-order valence-electron chi connectivity index (χ1n) is 9.35. The Labute approximate surface area is 180 Å². The van der Waals surface area contributed by atoms with Crippen LogP contribution in [0.3, 0.4) is 0 Å². The zero-order chi connectivity index (χ0) is 22.6. The summed E-state index contributed by atoms with van der Waals surface area (Å²) in [5.74, 6) is 1.16. The Morgan fingerprint density at radius 2 is 1.55 bits per heavy atom. The van der Waals surface area contributed by atoms with Gasteiger partial charge in [0, 0.05) is 12.1 Å².